The fourth-order valence-electron chi connectivity index (χ4n) is 1.65. The number of rotatable bonds is 7. The van der Waals surface area contributed by atoms with Gasteiger partial charge in [-0.05, 0) is 30.7 Å². The summed E-state index contributed by atoms with van der Waals surface area (Å²) < 4.78 is 0. The molecule has 0 aliphatic carbocycles. The summed E-state index contributed by atoms with van der Waals surface area (Å²) in [4.78, 5) is 13.0. The molecule has 1 atom stereocenters. The van der Waals surface area contributed by atoms with Crippen LogP contribution in [0.25, 0.3) is 0 Å². The second kappa shape index (κ2) is 7.19. The number of Topliss-reactive ketones (excluding diaryl/α,β-unsaturated/α-hetero) is 1. The molecule has 0 radical (unpaired) electrons. The summed E-state index contributed by atoms with van der Waals surface area (Å²) in [6.45, 7) is 2.00. The number of carbonyl (C=O) groups excluding carboxylic acids is 1. The molecule has 0 aromatic carbocycles. The van der Waals surface area contributed by atoms with Crippen molar-refractivity contribution in [3.8, 4) is 6.07 Å². The predicted octanol–water partition coefficient (Wildman–Crippen LogP) is 3.58. The molecule has 1 unspecified atom stereocenters. The molecule has 1 aromatic rings. The van der Waals surface area contributed by atoms with Gasteiger partial charge in [0.05, 0.1) is 6.07 Å². The number of ketones is 1. The van der Waals surface area contributed by atoms with Gasteiger partial charge in [-0.25, -0.2) is 0 Å². The van der Waals surface area contributed by atoms with E-state index in [4.69, 9.17) is 5.26 Å². The van der Waals surface area contributed by atoms with E-state index in [1.165, 1.54) is 4.88 Å². The normalized spacial score (nSPS) is 12.0. The number of thiophene rings is 1. The Morgan fingerprint density at radius 3 is 3.00 bits per heavy atom. The minimum Gasteiger partial charge on any atom is -0.298 e. The van der Waals surface area contributed by atoms with Gasteiger partial charge in [-0.3, -0.25) is 4.79 Å². The summed E-state index contributed by atoms with van der Waals surface area (Å²) in [6.07, 6.45) is 3.95. The summed E-state index contributed by atoms with van der Waals surface area (Å²) in [5, 5.41) is 10.9. The molecule has 86 valence electrons. The summed E-state index contributed by atoms with van der Waals surface area (Å²) >= 11 is 1.72. The summed E-state index contributed by atoms with van der Waals surface area (Å²) in [5.41, 5.74) is 0. The molecule has 3 heteroatoms. The van der Waals surface area contributed by atoms with Crippen LogP contribution in [0.2, 0.25) is 0 Å². The van der Waals surface area contributed by atoms with Crippen LogP contribution in [0.3, 0.4) is 0 Å². The first kappa shape index (κ1) is 12.9. The van der Waals surface area contributed by atoms with E-state index in [0.717, 1.165) is 19.3 Å². The van der Waals surface area contributed by atoms with Crippen molar-refractivity contribution in [2.45, 2.75) is 39.0 Å². The molecule has 1 heterocycles. The Morgan fingerprint density at radius 1 is 1.62 bits per heavy atom. The van der Waals surface area contributed by atoms with Crippen molar-refractivity contribution in [1.29, 1.82) is 5.26 Å². The average Bonchev–Trinajstić information content (AvgIpc) is 2.78. The van der Waals surface area contributed by atoms with Crippen LogP contribution >= 0.6 is 11.3 Å². The smallest absolute Gasteiger partial charge is 0.150 e. The summed E-state index contributed by atoms with van der Waals surface area (Å²) in [6, 6.07) is 6.21. The maximum absolute atomic E-state index is 11.7. The molecule has 2 nitrogen and oxygen atoms in total. The number of hydrogen-bond acceptors (Lipinski definition) is 3. The highest BCUT2D eigenvalue weighted by molar-refractivity contribution is 7.09. The van der Waals surface area contributed by atoms with Gasteiger partial charge in [0.15, 0.2) is 0 Å². The molecule has 0 N–H and O–H groups in total. The molecule has 0 aliphatic heterocycles. The lowest BCUT2D eigenvalue weighted by Gasteiger charge is -2.05. The largest absolute Gasteiger partial charge is 0.298 e. The third-order valence-corrected chi connectivity index (χ3v) is 3.48. The van der Waals surface area contributed by atoms with Crippen LogP contribution in [0.1, 0.15) is 37.5 Å². The Kier molecular flexibility index (Phi) is 5.81. The molecule has 0 amide bonds. The number of nitriles is 1. The van der Waals surface area contributed by atoms with E-state index < -0.39 is 0 Å². The molecule has 0 aliphatic rings. The number of aryl methyl sites for hydroxylation is 1. The van der Waals surface area contributed by atoms with Gasteiger partial charge in [-0.15, -0.1) is 11.3 Å². The number of hydrogen-bond donors (Lipinski definition) is 0. The van der Waals surface area contributed by atoms with Crippen LogP contribution in [0.5, 0.6) is 0 Å². The lowest BCUT2D eigenvalue weighted by Crippen LogP contribution is -2.12. The van der Waals surface area contributed by atoms with E-state index in [1.807, 2.05) is 18.4 Å². The van der Waals surface area contributed by atoms with Gasteiger partial charge in [0, 0.05) is 11.3 Å². The SMILES string of the molecule is CCCC(C#N)C(=O)CCCc1cccs1. The fourth-order valence-corrected chi connectivity index (χ4v) is 2.40. The van der Waals surface area contributed by atoms with Crippen LogP contribution in [0.4, 0.5) is 0 Å². The Balaban J connectivity index is 2.27. The average molecular weight is 235 g/mol. The van der Waals surface area contributed by atoms with E-state index in [1.54, 1.807) is 11.3 Å². The molecule has 0 saturated carbocycles. The van der Waals surface area contributed by atoms with Crippen molar-refractivity contribution in [1.82, 2.24) is 0 Å². The molecular formula is C13H17NOS. The number of carbonyl (C=O) groups is 1. The second-order valence-electron chi connectivity index (χ2n) is 3.87. The van der Waals surface area contributed by atoms with Crippen molar-refractivity contribution in [2.24, 2.45) is 5.92 Å². The van der Waals surface area contributed by atoms with E-state index in [9.17, 15) is 4.79 Å². The van der Waals surface area contributed by atoms with E-state index in [-0.39, 0.29) is 11.7 Å². The minimum absolute atomic E-state index is 0.112. The first-order valence-electron chi connectivity index (χ1n) is 5.72. The van der Waals surface area contributed by atoms with Crippen LogP contribution in [-0.2, 0) is 11.2 Å². The molecule has 1 aromatic heterocycles. The molecule has 0 spiro atoms. The van der Waals surface area contributed by atoms with Crippen molar-refractivity contribution in [2.75, 3.05) is 0 Å². The molecule has 0 bridgehead atoms. The quantitative estimate of drug-likeness (QED) is 0.724. The van der Waals surface area contributed by atoms with Gasteiger partial charge in [-0.2, -0.15) is 5.26 Å². The molecule has 1 rings (SSSR count). The zero-order valence-electron chi connectivity index (χ0n) is 9.61. The van der Waals surface area contributed by atoms with E-state index in [0.29, 0.717) is 12.8 Å². The Morgan fingerprint density at radius 2 is 2.44 bits per heavy atom. The van der Waals surface area contributed by atoms with Crippen molar-refractivity contribution in [3.05, 3.63) is 22.4 Å². The standard InChI is InChI=1S/C13H17NOS/c1-2-5-11(10-14)13(15)8-3-6-12-7-4-9-16-12/h4,7,9,11H,2-3,5-6,8H2,1H3. The predicted molar refractivity (Wildman–Crippen MR) is 66.3 cm³/mol. The van der Waals surface area contributed by atoms with E-state index in [2.05, 4.69) is 12.1 Å². The lowest BCUT2D eigenvalue weighted by atomic mass is 9.96. The van der Waals surface area contributed by atoms with Crippen LogP contribution in [0.15, 0.2) is 17.5 Å². The summed E-state index contributed by atoms with van der Waals surface area (Å²) in [5.74, 6) is -0.269. The monoisotopic (exact) mass is 235 g/mol. The highest BCUT2D eigenvalue weighted by Crippen LogP contribution is 2.15. The minimum atomic E-state index is -0.381. The second-order valence-corrected chi connectivity index (χ2v) is 4.90. The Labute approximate surface area is 101 Å². The third kappa shape index (κ3) is 4.16. The zero-order valence-corrected chi connectivity index (χ0v) is 10.4. The van der Waals surface area contributed by atoms with Gasteiger partial charge in [0.25, 0.3) is 0 Å². The Bertz CT molecular complexity index is 351. The van der Waals surface area contributed by atoms with Crippen molar-refractivity contribution in [3.63, 3.8) is 0 Å². The molecule has 16 heavy (non-hydrogen) atoms. The molecular weight excluding hydrogens is 218 g/mol. The zero-order chi connectivity index (χ0) is 11.8. The summed E-state index contributed by atoms with van der Waals surface area (Å²) in [7, 11) is 0. The maximum atomic E-state index is 11.7. The number of nitrogens with zero attached hydrogens (tertiary/aromatic N) is 1. The van der Waals surface area contributed by atoms with Crippen molar-refractivity contribution >= 4 is 17.1 Å². The topological polar surface area (TPSA) is 40.9 Å². The first-order chi connectivity index (χ1) is 7.77. The van der Waals surface area contributed by atoms with Crippen LogP contribution < -0.4 is 0 Å². The van der Waals surface area contributed by atoms with E-state index >= 15 is 0 Å². The fraction of sp³-hybridized carbons (Fsp3) is 0.538. The van der Waals surface area contributed by atoms with Gasteiger partial charge in [0.2, 0.25) is 0 Å². The lowest BCUT2D eigenvalue weighted by molar-refractivity contribution is -0.121. The Hall–Kier alpha value is -1.14. The first-order valence-corrected chi connectivity index (χ1v) is 6.60. The third-order valence-electron chi connectivity index (χ3n) is 2.55. The van der Waals surface area contributed by atoms with Gasteiger partial charge in [-0.1, -0.05) is 19.4 Å². The van der Waals surface area contributed by atoms with Gasteiger partial charge >= 0.3 is 0 Å². The highest BCUT2D eigenvalue weighted by atomic mass is 32.1. The van der Waals surface area contributed by atoms with Gasteiger partial charge in [0.1, 0.15) is 11.7 Å². The van der Waals surface area contributed by atoms with Crippen molar-refractivity contribution < 1.29 is 4.79 Å². The van der Waals surface area contributed by atoms with Crippen LogP contribution in [-0.4, -0.2) is 5.78 Å². The molecule has 0 fully saturated rings. The van der Waals surface area contributed by atoms with Crippen LogP contribution in [0, 0.1) is 17.2 Å². The maximum Gasteiger partial charge on any atom is 0.150 e. The highest BCUT2D eigenvalue weighted by Gasteiger charge is 2.15. The van der Waals surface area contributed by atoms with Gasteiger partial charge < -0.3 is 0 Å². The molecule has 0 saturated heterocycles.